The SMILES string of the molecule is Cc1cc(O[C@@H]2O[C@H](COC(=O)CC(=O)O)[C@@H](O)[C@H](O)[C@H]2O)ccc1C(=O)C(C)(C)NC(=O)c1sccc1C. The molecule has 0 radical (unpaired) electrons. The van der Waals surface area contributed by atoms with Gasteiger partial charge in [-0.1, -0.05) is 0 Å². The van der Waals surface area contributed by atoms with Gasteiger partial charge in [0.1, 0.15) is 43.2 Å². The van der Waals surface area contributed by atoms with Crippen molar-refractivity contribution in [3.8, 4) is 5.75 Å². The predicted molar refractivity (Wildman–Crippen MR) is 137 cm³/mol. The molecule has 2 heterocycles. The second-order valence-corrected chi connectivity index (χ2v) is 10.6. The molecular formula is C26H31NO11S. The third-order valence-electron chi connectivity index (χ3n) is 6.13. The van der Waals surface area contributed by atoms with Gasteiger partial charge in [-0.2, -0.15) is 0 Å². The Morgan fingerprint density at radius 2 is 1.72 bits per heavy atom. The number of aryl methyl sites for hydroxylation is 2. The van der Waals surface area contributed by atoms with E-state index in [1.807, 2.05) is 13.0 Å². The second kappa shape index (κ2) is 12.2. The number of rotatable bonds is 10. The third kappa shape index (κ3) is 7.19. The van der Waals surface area contributed by atoms with Crippen LogP contribution in [0.15, 0.2) is 29.6 Å². The van der Waals surface area contributed by atoms with Gasteiger partial charge in [0.05, 0.1) is 10.4 Å². The molecule has 1 aromatic carbocycles. The second-order valence-electron chi connectivity index (χ2n) is 9.70. The van der Waals surface area contributed by atoms with E-state index in [1.165, 1.54) is 29.5 Å². The maximum Gasteiger partial charge on any atom is 0.317 e. The van der Waals surface area contributed by atoms with E-state index in [9.17, 15) is 34.5 Å². The summed E-state index contributed by atoms with van der Waals surface area (Å²) in [7, 11) is 0. The Bertz CT molecular complexity index is 1240. The first-order valence-electron chi connectivity index (χ1n) is 12.0. The van der Waals surface area contributed by atoms with Crippen molar-refractivity contribution in [2.75, 3.05) is 6.61 Å². The summed E-state index contributed by atoms with van der Waals surface area (Å²) in [5, 5.41) is 44.0. The number of hydrogen-bond acceptors (Lipinski definition) is 11. The fourth-order valence-corrected chi connectivity index (χ4v) is 4.76. The highest BCUT2D eigenvalue weighted by Crippen LogP contribution is 2.27. The first-order valence-corrected chi connectivity index (χ1v) is 12.8. The number of ether oxygens (including phenoxy) is 3. The van der Waals surface area contributed by atoms with Crippen LogP contribution in [-0.4, -0.2) is 86.9 Å². The molecule has 1 fully saturated rings. The molecule has 1 aliphatic rings. The summed E-state index contributed by atoms with van der Waals surface area (Å²) in [6.07, 6.45) is -8.74. The number of carboxylic acids is 1. The molecule has 1 amide bonds. The topological polar surface area (TPSA) is 189 Å². The van der Waals surface area contributed by atoms with Crippen LogP contribution < -0.4 is 10.1 Å². The average Bonchev–Trinajstić information content (AvgIpc) is 3.28. The van der Waals surface area contributed by atoms with Gasteiger partial charge in [-0.05, 0) is 68.5 Å². The third-order valence-corrected chi connectivity index (χ3v) is 7.14. The number of aliphatic carboxylic acids is 1. The number of carboxylic acid groups (broad SMARTS) is 1. The van der Waals surface area contributed by atoms with Crippen LogP contribution in [-0.2, 0) is 19.1 Å². The predicted octanol–water partition coefficient (Wildman–Crippen LogP) is 0.961. The molecule has 5 atom stereocenters. The van der Waals surface area contributed by atoms with Gasteiger partial charge >= 0.3 is 11.9 Å². The van der Waals surface area contributed by atoms with E-state index >= 15 is 0 Å². The van der Waals surface area contributed by atoms with Gasteiger partial charge in [-0.15, -0.1) is 11.3 Å². The van der Waals surface area contributed by atoms with Crippen LogP contribution in [0.1, 0.15) is 51.4 Å². The van der Waals surface area contributed by atoms with Gasteiger partial charge in [-0.3, -0.25) is 19.2 Å². The van der Waals surface area contributed by atoms with Gasteiger partial charge in [0, 0.05) is 5.56 Å². The zero-order valence-corrected chi connectivity index (χ0v) is 22.6. The summed E-state index contributed by atoms with van der Waals surface area (Å²) in [5.74, 6) is -3.01. The molecule has 0 spiro atoms. The van der Waals surface area contributed by atoms with Crippen LogP contribution in [0.2, 0.25) is 0 Å². The van der Waals surface area contributed by atoms with Crippen LogP contribution in [0.4, 0.5) is 0 Å². The zero-order chi connectivity index (χ0) is 29.1. The number of amides is 1. The van der Waals surface area contributed by atoms with Crippen molar-refractivity contribution < 1.29 is 53.8 Å². The summed E-state index contributed by atoms with van der Waals surface area (Å²) >= 11 is 1.28. The molecule has 212 valence electrons. The summed E-state index contributed by atoms with van der Waals surface area (Å²) in [6.45, 7) is 6.08. The molecule has 12 nitrogen and oxygen atoms in total. The number of Topliss-reactive ketones (excluding diaryl/α,β-unsaturated/α-hetero) is 1. The number of aliphatic hydroxyl groups is 3. The molecule has 0 unspecified atom stereocenters. The lowest BCUT2D eigenvalue weighted by atomic mass is 9.90. The minimum absolute atomic E-state index is 0.161. The fraction of sp³-hybridized carbons (Fsp3) is 0.462. The van der Waals surface area contributed by atoms with Crippen molar-refractivity contribution in [3.05, 3.63) is 51.2 Å². The van der Waals surface area contributed by atoms with Crippen LogP contribution in [0.3, 0.4) is 0 Å². The van der Waals surface area contributed by atoms with E-state index in [2.05, 4.69) is 5.32 Å². The number of carbonyl (C=O) groups is 4. The molecule has 5 N–H and O–H groups in total. The number of carbonyl (C=O) groups excluding carboxylic acids is 3. The molecule has 0 saturated carbocycles. The van der Waals surface area contributed by atoms with E-state index < -0.39 is 61.2 Å². The van der Waals surface area contributed by atoms with E-state index in [0.717, 1.165) is 5.56 Å². The highest BCUT2D eigenvalue weighted by Gasteiger charge is 2.45. The van der Waals surface area contributed by atoms with Crippen molar-refractivity contribution in [2.45, 2.75) is 70.4 Å². The van der Waals surface area contributed by atoms with Gasteiger partial charge in [0.25, 0.3) is 5.91 Å². The largest absolute Gasteiger partial charge is 0.481 e. The number of aliphatic hydroxyl groups excluding tert-OH is 3. The van der Waals surface area contributed by atoms with Crippen molar-refractivity contribution >= 4 is 35.0 Å². The molecular weight excluding hydrogens is 534 g/mol. The molecule has 13 heteroatoms. The number of benzene rings is 1. The number of thiophene rings is 1. The summed E-state index contributed by atoms with van der Waals surface area (Å²) < 4.78 is 15.9. The first kappa shape index (κ1) is 30.2. The minimum Gasteiger partial charge on any atom is -0.481 e. The maximum atomic E-state index is 13.3. The lowest BCUT2D eigenvalue weighted by Crippen LogP contribution is -2.60. The lowest BCUT2D eigenvalue weighted by molar-refractivity contribution is -0.278. The number of esters is 1. The standard InChI is InChI=1S/C26H31NO11S/c1-12-7-8-39-22(12)24(35)27-26(3,4)23(34)15-6-5-14(9-13(15)2)37-25-21(33)20(32)19(31)16(38-25)11-36-18(30)10-17(28)29/h5-9,16,19-21,25,31-33H,10-11H2,1-4H3,(H,27,35)(H,28,29)/t16-,19-,20+,21-,25-/m1/s1. The van der Waals surface area contributed by atoms with Crippen LogP contribution in [0, 0.1) is 13.8 Å². The average molecular weight is 566 g/mol. The zero-order valence-electron chi connectivity index (χ0n) is 21.7. The Morgan fingerprint density at radius 1 is 1.03 bits per heavy atom. The Kier molecular flexibility index (Phi) is 9.46. The lowest BCUT2D eigenvalue weighted by Gasteiger charge is -2.40. The number of hydrogen-bond donors (Lipinski definition) is 5. The Hall–Kier alpha value is -3.36. The van der Waals surface area contributed by atoms with Gasteiger partial charge in [-0.25, -0.2) is 0 Å². The molecule has 1 aliphatic heterocycles. The maximum absolute atomic E-state index is 13.3. The number of nitrogens with one attached hydrogen (secondary N) is 1. The highest BCUT2D eigenvalue weighted by molar-refractivity contribution is 7.12. The summed E-state index contributed by atoms with van der Waals surface area (Å²) in [6, 6.07) is 6.25. The monoisotopic (exact) mass is 565 g/mol. The molecule has 1 aromatic heterocycles. The molecule has 0 bridgehead atoms. The molecule has 39 heavy (non-hydrogen) atoms. The quantitative estimate of drug-likeness (QED) is 0.157. The van der Waals surface area contributed by atoms with Crippen LogP contribution >= 0.6 is 11.3 Å². The van der Waals surface area contributed by atoms with Crippen LogP contribution in [0.25, 0.3) is 0 Å². The first-order chi connectivity index (χ1) is 18.2. The molecule has 2 aromatic rings. The fourth-order valence-electron chi connectivity index (χ4n) is 3.94. The number of ketones is 1. The van der Waals surface area contributed by atoms with E-state index in [4.69, 9.17) is 19.3 Å². The normalized spacial score (nSPS) is 23.1. The molecule has 1 saturated heterocycles. The minimum atomic E-state index is -1.72. The van der Waals surface area contributed by atoms with Gasteiger partial charge in [0.2, 0.25) is 6.29 Å². The van der Waals surface area contributed by atoms with E-state index in [-0.39, 0.29) is 17.4 Å². The molecule has 0 aliphatic carbocycles. The van der Waals surface area contributed by atoms with Crippen LogP contribution in [0.5, 0.6) is 5.75 Å². The van der Waals surface area contributed by atoms with Gasteiger partial charge in [0.15, 0.2) is 5.78 Å². The summed E-state index contributed by atoms with van der Waals surface area (Å²) in [4.78, 5) is 48.6. The molecule has 3 rings (SSSR count). The summed E-state index contributed by atoms with van der Waals surface area (Å²) in [5.41, 5.74) is 0.398. The van der Waals surface area contributed by atoms with Crippen molar-refractivity contribution in [2.24, 2.45) is 0 Å². The Balaban J connectivity index is 1.69. The van der Waals surface area contributed by atoms with Crippen molar-refractivity contribution in [1.29, 1.82) is 0 Å². The Morgan fingerprint density at radius 3 is 2.31 bits per heavy atom. The van der Waals surface area contributed by atoms with Crippen molar-refractivity contribution in [1.82, 2.24) is 5.32 Å². The highest BCUT2D eigenvalue weighted by atomic mass is 32.1. The Labute approximate surface area is 228 Å². The van der Waals surface area contributed by atoms with E-state index in [1.54, 1.807) is 26.2 Å². The van der Waals surface area contributed by atoms with E-state index in [0.29, 0.717) is 16.0 Å². The smallest absolute Gasteiger partial charge is 0.317 e. The van der Waals surface area contributed by atoms with Gasteiger partial charge < -0.3 is 40.0 Å². The van der Waals surface area contributed by atoms with Crippen molar-refractivity contribution in [3.63, 3.8) is 0 Å².